The summed E-state index contributed by atoms with van der Waals surface area (Å²) in [4.78, 5) is 32.1. The molecule has 1 unspecified atom stereocenters. The summed E-state index contributed by atoms with van der Waals surface area (Å²) in [6, 6.07) is 6.48. The Morgan fingerprint density at radius 3 is 2.49 bits per heavy atom. The molecule has 1 saturated carbocycles. The molecule has 0 aromatic heterocycles. The van der Waals surface area contributed by atoms with Gasteiger partial charge in [0.25, 0.3) is 0 Å². The summed E-state index contributed by atoms with van der Waals surface area (Å²) in [6.45, 7) is 13.0. The highest BCUT2D eigenvalue weighted by molar-refractivity contribution is 5.97. The molecule has 4 rings (SSSR count). The number of likely N-dealkylation sites (tertiary alicyclic amines) is 1. The van der Waals surface area contributed by atoms with E-state index in [1.165, 1.54) is 11.3 Å². The van der Waals surface area contributed by atoms with E-state index in [2.05, 4.69) is 36.9 Å². The Morgan fingerprint density at radius 2 is 1.87 bits per heavy atom. The summed E-state index contributed by atoms with van der Waals surface area (Å²) in [5, 5.41) is 20.6. The van der Waals surface area contributed by atoms with Crippen molar-refractivity contribution >= 4 is 23.3 Å². The van der Waals surface area contributed by atoms with Gasteiger partial charge in [-0.3, -0.25) is 14.5 Å². The van der Waals surface area contributed by atoms with Gasteiger partial charge in [0.2, 0.25) is 12.3 Å². The van der Waals surface area contributed by atoms with Crippen molar-refractivity contribution in [3.8, 4) is 0 Å². The van der Waals surface area contributed by atoms with Crippen molar-refractivity contribution in [2.45, 2.75) is 84.8 Å². The van der Waals surface area contributed by atoms with Crippen LogP contribution in [-0.4, -0.2) is 84.9 Å². The number of piperidine rings is 1. The van der Waals surface area contributed by atoms with E-state index in [-0.39, 0.29) is 36.9 Å². The molecule has 3 aliphatic rings. The molecule has 9 heteroatoms. The zero-order valence-electron chi connectivity index (χ0n) is 24.5. The van der Waals surface area contributed by atoms with Gasteiger partial charge in [-0.15, -0.1) is 0 Å². The maximum atomic E-state index is 14.1. The zero-order chi connectivity index (χ0) is 28.5. The van der Waals surface area contributed by atoms with E-state index in [0.29, 0.717) is 6.61 Å². The van der Waals surface area contributed by atoms with E-state index in [1.54, 1.807) is 12.0 Å². The Hall–Kier alpha value is -2.20. The highest BCUT2D eigenvalue weighted by Crippen LogP contribution is 2.41. The second-order valence-corrected chi connectivity index (χ2v) is 13.3. The minimum absolute atomic E-state index is 0.0709. The summed E-state index contributed by atoms with van der Waals surface area (Å²) in [7, 11) is 1.72. The molecular weight excluding hydrogens is 498 g/mol. The number of aliphatic hydroxyl groups excluding tert-OH is 1. The molecule has 0 radical (unpaired) electrons. The first-order chi connectivity index (χ1) is 18.3. The van der Waals surface area contributed by atoms with Gasteiger partial charge in [0.1, 0.15) is 0 Å². The molecular formula is C30H47N3O6. The molecule has 218 valence electrons. The van der Waals surface area contributed by atoms with E-state index >= 15 is 0 Å². The van der Waals surface area contributed by atoms with Gasteiger partial charge < -0.3 is 29.5 Å². The van der Waals surface area contributed by atoms with E-state index in [1.807, 2.05) is 25.7 Å². The van der Waals surface area contributed by atoms with Gasteiger partial charge >= 0.3 is 5.97 Å². The van der Waals surface area contributed by atoms with Crippen molar-refractivity contribution in [3.05, 3.63) is 23.8 Å². The number of carbonyl (C=O) groups is 2. The molecule has 1 aromatic rings. The predicted molar refractivity (Wildman–Crippen MR) is 151 cm³/mol. The van der Waals surface area contributed by atoms with Crippen LogP contribution in [-0.2, 0) is 25.5 Å². The van der Waals surface area contributed by atoms with Crippen molar-refractivity contribution < 1.29 is 29.3 Å². The number of methoxy groups -OCH3 is 1. The van der Waals surface area contributed by atoms with Gasteiger partial charge in [-0.05, 0) is 76.0 Å². The molecule has 2 fully saturated rings. The van der Waals surface area contributed by atoms with Gasteiger partial charge in [0.15, 0.2) is 0 Å². The summed E-state index contributed by atoms with van der Waals surface area (Å²) in [5.41, 5.74) is 2.87. The minimum Gasteiger partial charge on any atom is -0.481 e. The number of anilines is 2. The molecule has 1 aliphatic carbocycles. The predicted octanol–water partition coefficient (Wildman–Crippen LogP) is 3.72. The summed E-state index contributed by atoms with van der Waals surface area (Å²) >= 11 is 0. The number of nitrogens with zero attached hydrogens (tertiary/aromatic N) is 3. The molecule has 2 N–H and O–H groups in total. The van der Waals surface area contributed by atoms with Crippen LogP contribution in [0.5, 0.6) is 0 Å². The molecule has 39 heavy (non-hydrogen) atoms. The fraction of sp³-hybridized carbons (Fsp3) is 0.733. The second-order valence-electron chi connectivity index (χ2n) is 13.3. The Balaban J connectivity index is 1.60. The van der Waals surface area contributed by atoms with Crippen LogP contribution in [0, 0.1) is 17.3 Å². The molecule has 2 heterocycles. The molecule has 0 spiro atoms. The molecule has 3 atom stereocenters. The molecule has 1 amide bonds. The number of aliphatic carboxylic acids is 1. The van der Waals surface area contributed by atoms with E-state index in [0.717, 1.165) is 44.5 Å². The molecule has 9 nitrogen and oxygen atoms in total. The highest BCUT2D eigenvalue weighted by atomic mass is 16.6. The summed E-state index contributed by atoms with van der Waals surface area (Å²) in [5.74, 6) is -2.33. The lowest BCUT2D eigenvalue weighted by Gasteiger charge is -2.42. The largest absolute Gasteiger partial charge is 0.481 e. The Bertz CT molecular complexity index is 1030. The van der Waals surface area contributed by atoms with Crippen LogP contribution in [0.25, 0.3) is 0 Å². The number of amides is 1. The molecule has 1 saturated heterocycles. The molecule has 0 bridgehead atoms. The van der Waals surface area contributed by atoms with Crippen LogP contribution in [0.4, 0.5) is 11.4 Å². The van der Waals surface area contributed by atoms with Crippen molar-refractivity contribution in [2.75, 3.05) is 49.7 Å². The zero-order valence-corrected chi connectivity index (χ0v) is 24.5. The number of rotatable bonds is 10. The SMILES string of the molecule is COCCCN1CC(C)(C)Cc2ccc(N(C(=O)[C@@H]3C[C@H](C(=O)O)CN(C(O)OC(C)(C)C)C3)C3CC3)cc21. The number of carboxylic acids is 1. The third kappa shape index (κ3) is 7.51. The lowest BCUT2D eigenvalue weighted by atomic mass is 9.81. The van der Waals surface area contributed by atoms with Crippen molar-refractivity contribution in [1.82, 2.24) is 4.90 Å². The third-order valence-corrected chi connectivity index (χ3v) is 7.85. The first-order valence-corrected chi connectivity index (χ1v) is 14.3. The quantitative estimate of drug-likeness (QED) is 0.339. The van der Waals surface area contributed by atoms with Crippen LogP contribution in [0.2, 0.25) is 0 Å². The van der Waals surface area contributed by atoms with Crippen LogP contribution < -0.4 is 9.80 Å². The minimum atomic E-state index is -1.27. The number of carboxylic acid groups (broad SMARTS) is 1. The van der Waals surface area contributed by atoms with E-state index < -0.39 is 29.8 Å². The van der Waals surface area contributed by atoms with E-state index in [9.17, 15) is 19.8 Å². The lowest BCUT2D eigenvalue weighted by Crippen LogP contribution is -2.54. The highest BCUT2D eigenvalue weighted by Gasteiger charge is 2.43. The van der Waals surface area contributed by atoms with Gasteiger partial charge in [-0.25, -0.2) is 0 Å². The summed E-state index contributed by atoms with van der Waals surface area (Å²) < 4.78 is 11.0. The second kappa shape index (κ2) is 11.7. The number of fused-ring (bicyclic) bond motifs is 1. The number of carbonyl (C=O) groups excluding carboxylic acids is 1. The van der Waals surface area contributed by atoms with Crippen LogP contribution >= 0.6 is 0 Å². The fourth-order valence-corrected chi connectivity index (χ4v) is 6.03. The third-order valence-electron chi connectivity index (χ3n) is 7.85. The normalized spacial score (nSPS) is 24.2. The topological polar surface area (TPSA) is 103 Å². The van der Waals surface area contributed by atoms with Crippen LogP contribution in [0.1, 0.15) is 65.9 Å². The van der Waals surface area contributed by atoms with E-state index in [4.69, 9.17) is 9.47 Å². The van der Waals surface area contributed by atoms with Crippen LogP contribution in [0.15, 0.2) is 18.2 Å². The molecule has 2 aliphatic heterocycles. The smallest absolute Gasteiger partial charge is 0.307 e. The van der Waals surface area contributed by atoms with Crippen LogP contribution in [0.3, 0.4) is 0 Å². The van der Waals surface area contributed by atoms with Gasteiger partial charge in [-0.2, -0.15) is 0 Å². The number of aliphatic hydroxyl groups is 1. The average molecular weight is 546 g/mol. The summed E-state index contributed by atoms with van der Waals surface area (Å²) in [6.07, 6.45) is 2.74. The van der Waals surface area contributed by atoms with Gasteiger partial charge in [0.05, 0.1) is 17.4 Å². The standard InChI is InChI=1S/C30H47N3O6/c1-29(2,3)39-28(37)32-17-21(14-22(18-32)27(35)36)26(34)33(23-10-11-23)24-9-8-20-16-30(4,5)19-31(25(20)15-24)12-7-13-38-6/h8-9,15,21-23,28,37H,7,10-14,16-19H2,1-6H3,(H,35,36)/t21-,22+,28?/m1/s1. The number of hydrogen-bond acceptors (Lipinski definition) is 7. The van der Waals surface area contributed by atoms with Gasteiger partial charge in [-0.1, -0.05) is 19.9 Å². The number of hydrogen-bond donors (Lipinski definition) is 2. The number of benzene rings is 1. The van der Waals surface area contributed by atoms with Gasteiger partial charge in [0, 0.05) is 57.3 Å². The maximum Gasteiger partial charge on any atom is 0.307 e. The average Bonchev–Trinajstić information content (AvgIpc) is 3.67. The first-order valence-electron chi connectivity index (χ1n) is 14.3. The molecule has 1 aromatic carbocycles. The maximum absolute atomic E-state index is 14.1. The van der Waals surface area contributed by atoms with Crippen molar-refractivity contribution in [1.29, 1.82) is 0 Å². The Kier molecular flexibility index (Phi) is 8.95. The fourth-order valence-electron chi connectivity index (χ4n) is 6.03. The Labute approximate surface area is 233 Å². The Morgan fingerprint density at radius 1 is 1.18 bits per heavy atom. The first kappa shape index (κ1) is 29.8. The monoisotopic (exact) mass is 545 g/mol. The van der Waals surface area contributed by atoms with Crippen molar-refractivity contribution in [3.63, 3.8) is 0 Å². The lowest BCUT2D eigenvalue weighted by molar-refractivity contribution is -0.247. The van der Waals surface area contributed by atoms with Crippen molar-refractivity contribution in [2.24, 2.45) is 17.3 Å². The number of ether oxygens (including phenoxy) is 2.